The lowest BCUT2D eigenvalue weighted by atomic mass is 9.97. The molecule has 0 N–H and O–H groups in total. The minimum atomic E-state index is 1.01. The average Bonchev–Trinajstić information content (AvgIpc) is 2.55. The van der Waals surface area contributed by atoms with Crippen LogP contribution in [0.2, 0.25) is 0 Å². The fourth-order valence-corrected chi connectivity index (χ4v) is 2.89. The van der Waals surface area contributed by atoms with Gasteiger partial charge in [-0.3, -0.25) is 4.98 Å². The van der Waals surface area contributed by atoms with Crippen LogP contribution in [0.5, 0.6) is 0 Å². The second kappa shape index (κ2) is 4.46. The molecule has 84 valence electrons. The van der Waals surface area contributed by atoms with E-state index in [2.05, 4.69) is 51.2 Å². The second-order valence-electron chi connectivity index (χ2n) is 4.18. The Morgan fingerprint density at radius 1 is 1.00 bits per heavy atom. The van der Waals surface area contributed by atoms with Gasteiger partial charge in [0.15, 0.2) is 0 Å². The lowest BCUT2D eigenvalue weighted by Crippen LogP contribution is -1.94. The topological polar surface area (TPSA) is 12.9 Å². The minimum absolute atomic E-state index is 1.01. The molecule has 2 heteroatoms. The Labute approximate surface area is 109 Å². The van der Waals surface area contributed by atoms with Gasteiger partial charge in [0.1, 0.15) is 0 Å². The monoisotopic (exact) mass is 285 g/mol. The van der Waals surface area contributed by atoms with Crippen LogP contribution in [0.3, 0.4) is 0 Å². The number of aryl methyl sites for hydroxylation is 2. The maximum Gasteiger partial charge on any atom is 0.0485 e. The lowest BCUT2D eigenvalue weighted by molar-refractivity contribution is 0.918. The molecule has 2 aromatic rings. The molecule has 1 nitrogen and oxygen atoms in total. The lowest BCUT2D eigenvalue weighted by Gasteiger charge is -2.09. The number of fused-ring (bicyclic) bond motifs is 2. The Bertz CT molecular complexity index is 537. The van der Waals surface area contributed by atoms with Gasteiger partial charge in [0.25, 0.3) is 0 Å². The Morgan fingerprint density at radius 2 is 1.82 bits per heavy atom. The fourth-order valence-electron chi connectivity index (χ4n) is 2.40. The molecule has 0 saturated carbocycles. The van der Waals surface area contributed by atoms with E-state index in [1.807, 2.05) is 17.2 Å². The number of rotatable bonds is 0. The van der Waals surface area contributed by atoms with Crippen molar-refractivity contribution in [1.82, 2.24) is 4.98 Å². The summed E-state index contributed by atoms with van der Waals surface area (Å²) < 4.78 is 0. The molecule has 0 radical (unpaired) electrons. The van der Waals surface area contributed by atoms with Crippen molar-refractivity contribution < 1.29 is 0 Å². The first-order chi connectivity index (χ1) is 8.40. The Kier molecular flexibility index (Phi) is 2.81. The van der Waals surface area contributed by atoms with E-state index in [1.54, 1.807) is 0 Å². The van der Waals surface area contributed by atoms with Crippen LogP contribution < -0.4 is 0 Å². The van der Waals surface area contributed by atoms with Gasteiger partial charge in [0, 0.05) is 17.5 Å². The van der Waals surface area contributed by atoms with Gasteiger partial charge in [-0.2, -0.15) is 0 Å². The molecule has 1 aliphatic rings. The first-order valence-corrected chi connectivity index (χ1v) is 6.64. The van der Waals surface area contributed by atoms with Gasteiger partial charge in [0.05, 0.1) is 0 Å². The highest BCUT2D eigenvalue weighted by Gasteiger charge is 2.17. The highest BCUT2D eigenvalue weighted by atomic mass is 79.9. The largest absolute Gasteiger partial charge is 0.261 e. The SMILES string of the molecule is Br/C=C1\c2ccccc2CCc2ncccc21. The summed E-state index contributed by atoms with van der Waals surface area (Å²) in [5.74, 6) is 0. The summed E-state index contributed by atoms with van der Waals surface area (Å²) in [5.41, 5.74) is 6.39. The Hall–Kier alpha value is -1.41. The second-order valence-corrected chi connectivity index (χ2v) is 4.64. The summed E-state index contributed by atoms with van der Waals surface area (Å²) in [6.45, 7) is 0. The summed E-state index contributed by atoms with van der Waals surface area (Å²) in [6.07, 6.45) is 3.95. The summed E-state index contributed by atoms with van der Waals surface area (Å²) in [6, 6.07) is 12.7. The molecule has 0 spiro atoms. The molecule has 1 aromatic heterocycles. The molecule has 0 atom stereocenters. The van der Waals surface area contributed by atoms with Crippen LogP contribution in [0.15, 0.2) is 47.6 Å². The molecule has 0 fully saturated rings. The van der Waals surface area contributed by atoms with E-state index in [4.69, 9.17) is 0 Å². The zero-order chi connectivity index (χ0) is 11.7. The number of hydrogen-bond donors (Lipinski definition) is 0. The summed E-state index contributed by atoms with van der Waals surface area (Å²) in [7, 11) is 0. The van der Waals surface area contributed by atoms with E-state index in [0.717, 1.165) is 12.8 Å². The minimum Gasteiger partial charge on any atom is -0.261 e. The highest BCUT2D eigenvalue weighted by molar-refractivity contribution is 9.11. The first-order valence-electron chi connectivity index (χ1n) is 5.73. The number of benzene rings is 1. The molecule has 0 aliphatic heterocycles. The zero-order valence-electron chi connectivity index (χ0n) is 9.36. The quantitative estimate of drug-likeness (QED) is 0.714. The van der Waals surface area contributed by atoms with E-state index < -0.39 is 0 Å². The molecular formula is C15H12BrN. The Morgan fingerprint density at radius 3 is 2.71 bits per heavy atom. The molecular weight excluding hydrogens is 274 g/mol. The summed E-state index contributed by atoms with van der Waals surface area (Å²) >= 11 is 3.50. The number of nitrogens with zero attached hydrogens (tertiary/aromatic N) is 1. The van der Waals surface area contributed by atoms with Crippen LogP contribution in [-0.4, -0.2) is 4.98 Å². The van der Waals surface area contributed by atoms with Crippen molar-refractivity contribution in [3.05, 3.63) is 70.0 Å². The molecule has 1 aliphatic carbocycles. The van der Waals surface area contributed by atoms with E-state index in [9.17, 15) is 0 Å². The van der Waals surface area contributed by atoms with Crippen molar-refractivity contribution in [2.24, 2.45) is 0 Å². The number of pyridine rings is 1. The van der Waals surface area contributed by atoms with Crippen LogP contribution in [-0.2, 0) is 12.8 Å². The van der Waals surface area contributed by atoms with E-state index in [1.165, 1.54) is 28.0 Å². The highest BCUT2D eigenvalue weighted by Crippen LogP contribution is 2.32. The maximum absolute atomic E-state index is 4.50. The van der Waals surface area contributed by atoms with Crippen molar-refractivity contribution in [2.45, 2.75) is 12.8 Å². The molecule has 3 rings (SSSR count). The number of hydrogen-bond acceptors (Lipinski definition) is 1. The summed E-state index contributed by atoms with van der Waals surface area (Å²) in [4.78, 5) is 6.51. The fraction of sp³-hybridized carbons (Fsp3) is 0.133. The molecule has 17 heavy (non-hydrogen) atoms. The van der Waals surface area contributed by atoms with Crippen molar-refractivity contribution in [3.63, 3.8) is 0 Å². The molecule has 0 unspecified atom stereocenters. The normalized spacial score (nSPS) is 16.2. The average molecular weight is 286 g/mol. The molecule has 1 aromatic carbocycles. The van der Waals surface area contributed by atoms with Gasteiger partial charge < -0.3 is 0 Å². The molecule has 0 amide bonds. The standard InChI is InChI=1S/C15H12BrN/c16-10-14-12-5-2-1-4-11(12)7-8-15-13(14)6-3-9-17-15/h1-6,9-10H,7-8H2/b14-10+. The van der Waals surface area contributed by atoms with Crippen LogP contribution in [0.1, 0.15) is 22.4 Å². The van der Waals surface area contributed by atoms with Gasteiger partial charge in [-0.15, -0.1) is 0 Å². The number of aromatic nitrogens is 1. The predicted molar refractivity (Wildman–Crippen MR) is 74.1 cm³/mol. The van der Waals surface area contributed by atoms with Crippen molar-refractivity contribution in [1.29, 1.82) is 0 Å². The van der Waals surface area contributed by atoms with E-state index >= 15 is 0 Å². The number of halogens is 1. The van der Waals surface area contributed by atoms with Crippen molar-refractivity contribution >= 4 is 21.5 Å². The van der Waals surface area contributed by atoms with Gasteiger partial charge in [-0.05, 0) is 40.6 Å². The van der Waals surface area contributed by atoms with Crippen molar-refractivity contribution in [3.8, 4) is 0 Å². The molecule has 1 heterocycles. The van der Waals surface area contributed by atoms with Crippen LogP contribution in [0.4, 0.5) is 0 Å². The Balaban J connectivity index is 2.27. The van der Waals surface area contributed by atoms with E-state index in [0.29, 0.717) is 0 Å². The van der Waals surface area contributed by atoms with Gasteiger partial charge in [0.2, 0.25) is 0 Å². The third-order valence-corrected chi connectivity index (χ3v) is 3.69. The van der Waals surface area contributed by atoms with Crippen LogP contribution >= 0.6 is 15.9 Å². The summed E-state index contributed by atoms with van der Waals surface area (Å²) in [5, 5.41) is 0. The van der Waals surface area contributed by atoms with Crippen LogP contribution in [0, 0.1) is 0 Å². The first kappa shape index (κ1) is 10.7. The third kappa shape index (κ3) is 1.83. The zero-order valence-corrected chi connectivity index (χ0v) is 10.9. The van der Waals surface area contributed by atoms with Gasteiger partial charge in [-0.25, -0.2) is 0 Å². The molecule has 0 bridgehead atoms. The van der Waals surface area contributed by atoms with Gasteiger partial charge in [-0.1, -0.05) is 46.3 Å². The third-order valence-electron chi connectivity index (χ3n) is 3.23. The van der Waals surface area contributed by atoms with Crippen LogP contribution in [0.25, 0.3) is 5.57 Å². The molecule has 0 saturated heterocycles. The maximum atomic E-state index is 4.50. The predicted octanol–water partition coefficient (Wildman–Crippen LogP) is 3.96. The smallest absolute Gasteiger partial charge is 0.0485 e. The van der Waals surface area contributed by atoms with Crippen molar-refractivity contribution in [2.75, 3.05) is 0 Å². The van der Waals surface area contributed by atoms with E-state index in [-0.39, 0.29) is 0 Å². The van der Waals surface area contributed by atoms with Gasteiger partial charge >= 0.3 is 0 Å².